The Balaban J connectivity index is 1.17. The van der Waals surface area contributed by atoms with Crippen LogP contribution in [0.3, 0.4) is 0 Å². The van der Waals surface area contributed by atoms with Gasteiger partial charge >= 0.3 is 6.18 Å². The minimum absolute atomic E-state index is 0.163. The van der Waals surface area contributed by atoms with Crippen LogP contribution in [0.15, 0.2) is 42.6 Å². The lowest BCUT2D eigenvalue weighted by molar-refractivity contribution is -0.140. The molecule has 9 nitrogen and oxygen atoms in total. The van der Waals surface area contributed by atoms with Gasteiger partial charge in [0.25, 0.3) is 0 Å². The van der Waals surface area contributed by atoms with E-state index in [1.165, 1.54) is 4.57 Å². The van der Waals surface area contributed by atoms with Crippen molar-refractivity contribution in [2.45, 2.75) is 69.9 Å². The number of anilines is 1. The Morgan fingerprint density at radius 3 is 2.55 bits per heavy atom. The summed E-state index contributed by atoms with van der Waals surface area (Å²) >= 11 is 0. The number of nitrogens with zero attached hydrogens (tertiary/aromatic N) is 5. The van der Waals surface area contributed by atoms with Crippen LogP contribution in [-0.2, 0) is 28.0 Å². The summed E-state index contributed by atoms with van der Waals surface area (Å²) in [6, 6.07) is 13.2. The van der Waals surface area contributed by atoms with Gasteiger partial charge in [0.15, 0.2) is 0 Å². The average Bonchev–Trinajstić information content (AvgIpc) is 3.65. The summed E-state index contributed by atoms with van der Waals surface area (Å²) in [6.07, 6.45) is 0.0783. The first-order chi connectivity index (χ1) is 22.4. The van der Waals surface area contributed by atoms with Crippen LogP contribution in [0.1, 0.15) is 50.1 Å². The molecule has 2 N–H and O–H groups in total. The molecule has 47 heavy (non-hydrogen) atoms. The van der Waals surface area contributed by atoms with Gasteiger partial charge in [0.2, 0.25) is 5.91 Å². The Hall–Kier alpha value is -4.10. The van der Waals surface area contributed by atoms with E-state index in [0.717, 1.165) is 37.9 Å². The molecule has 1 unspecified atom stereocenters. The highest BCUT2D eigenvalue weighted by molar-refractivity contribution is 5.83. The molecular weight excluding hydrogens is 607 g/mol. The number of carbonyl (C=O) groups is 1. The van der Waals surface area contributed by atoms with E-state index in [2.05, 4.69) is 38.4 Å². The highest BCUT2D eigenvalue weighted by Gasteiger charge is 2.30. The fourth-order valence-electron chi connectivity index (χ4n) is 6.11. The molecule has 2 aliphatic heterocycles. The summed E-state index contributed by atoms with van der Waals surface area (Å²) in [4.78, 5) is 21.2. The predicted octanol–water partition coefficient (Wildman–Crippen LogP) is 4.66. The van der Waals surface area contributed by atoms with Gasteiger partial charge in [-0.2, -0.15) is 18.4 Å². The molecule has 1 atom stereocenters. The van der Waals surface area contributed by atoms with E-state index in [4.69, 9.17) is 4.74 Å². The number of methoxy groups -OCH3 is 1. The summed E-state index contributed by atoms with van der Waals surface area (Å²) in [6.45, 7) is 6.76. The van der Waals surface area contributed by atoms with Crippen LogP contribution in [0, 0.1) is 23.2 Å². The third-order valence-electron chi connectivity index (χ3n) is 8.95. The third-order valence-corrected chi connectivity index (χ3v) is 8.95. The van der Waals surface area contributed by atoms with Gasteiger partial charge in [-0.05, 0) is 74.9 Å². The standard InChI is InChI=1S/C35H42F3N7O2/c1-34(2,23-39)32-9-7-28(20-42-32)40-13-4-5-29-18-26-17-25(6-8-31(26)45(29)24-35(36,37)38)19-41-27-10-15-44(16-11-27)33(46)22-43-14-12-30(21-43)47-3/h6-9,17-18,20,27,30,40-41H,10-16,19,21-22,24H2,1-3H3. The Morgan fingerprint density at radius 1 is 1.11 bits per heavy atom. The van der Waals surface area contributed by atoms with E-state index in [1.807, 2.05) is 17.0 Å². The number of piperidine rings is 1. The number of fused-ring (bicyclic) bond motifs is 1. The molecule has 0 spiro atoms. The van der Waals surface area contributed by atoms with Gasteiger partial charge in [-0.15, -0.1) is 0 Å². The van der Waals surface area contributed by atoms with Crippen molar-refractivity contribution in [1.29, 1.82) is 5.26 Å². The van der Waals surface area contributed by atoms with E-state index in [9.17, 15) is 23.2 Å². The van der Waals surface area contributed by atoms with Crippen molar-refractivity contribution < 1.29 is 22.7 Å². The van der Waals surface area contributed by atoms with Crippen LogP contribution in [0.2, 0.25) is 0 Å². The monoisotopic (exact) mass is 649 g/mol. The van der Waals surface area contributed by atoms with E-state index in [1.54, 1.807) is 51.4 Å². The molecule has 0 saturated carbocycles. The molecule has 1 aromatic carbocycles. The minimum atomic E-state index is -4.40. The van der Waals surface area contributed by atoms with Crippen LogP contribution >= 0.6 is 0 Å². The second-order valence-electron chi connectivity index (χ2n) is 12.9. The first-order valence-electron chi connectivity index (χ1n) is 16.0. The molecule has 2 fully saturated rings. The number of ether oxygens (including phenoxy) is 1. The maximum atomic E-state index is 13.5. The molecule has 0 aliphatic carbocycles. The second kappa shape index (κ2) is 14.8. The molecule has 2 aliphatic rings. The Bertz CT molecular complexity index is 1640. The fourth-order valence-corrected chi connectivity index (χ4v) is 6.11. The summed E-state index contributed by atoms with van der Waals surface area (Å²) in [5, 5.41) is 16.7. The number of rotatable bonds is 10. The molecule has 4 heterocycles. The van der Waals surface area contributed by atoms with Gasteiger partial charge in [0.05, 0.1) is 53.9 Å². The zero-order valence-electron chi connectivity index (χ0n) is 27.2. The molecule has 250 valence electrons. The number of hydrogen-bond acceptors (Lipinski definition) is 7. The van der Waals surface area contributed by atoms with Gasteiger partial charge < -0.3 is 24.8 Å². The third kappa shape index (κ3) is 9.04. The Kier molecular flexibility index (Phi) is 10.8. The molecule has 0 bridgehead atoms. The number of amides is 1. The van der Waals surface area contributed by atoms with Crippen LogP contribution in [0.5, 0.6) is 0 Å². The van der Waals surface area contributed by atoms with Crippen molar-refractivity contribution >= 4 is 22.5 Å². The Morgan fingerprint density at radius 2 is 1.89 bits per heavy atom. The molecule has 3 aromatic rings. The molecular formula is C35H42F3N7O2. The number of alkyl halides is 3. The number of benzene rings is 1. The Labute approximate surface area is 274 Å². The predicted molar refractivity (Wildman–Crippen MR) is 175 cm³/mol. The van der Waals surface area contributed by atoms with E-state index in [0.29, 0.717) is 48.5 Å². The number of pyridine rings is 1. The topological polar surface area (TPSA) is 98.4 Å². The molecule has 2 aromatic heterocycles. The maximum Gasteiger partial charge on any atom is 0.406 e. The highest BCUT2D eigenvalue weighted by atomic mass is 19.4. The minimum Gasteiger partial charge on any atom is -0.380 e. The average molecular weight is 650 g/mol. The van der Waals surface area contributed by atoms with Crippen molar-refractivity contribution in [3.63, 3.8) is 0 Å². The smallest absolute Gasteiger partial charge is 0.380 e. The number of carbonyl (C=O) groups excluding carboxylic acids is 1. The number of nitriles is 1. The summed E-state index contributed by atoms with van der Waals surface area (Å²) < 4.78 is 47.2. The van der Waals surface area contributed by atoms with Crippen molar-refractivity contribution in [2.24, 2.45) is 0 Å². The lowest BCUT2D eigenvalue weighted by Gasteiger charge is -2.33. The van der Waals surface area contributed by atoms with E-state index < -0.39 is 18.1 Å². The van der Waals surface area contributed by atoms with Gasteiger partial charge in [0.1, 0.15) is 6.54 Å². The molecule has 1 amide bonds. The first-order valence-corrected chi connectivity index (χ1v) is 16.0. The largest absolute Gasteiger partial charge is 0.406 e. The fraction of sp³-hybridized carbons (Fsp3) is 0.514. The normalized spacial score (nSPS) is 17.8. The lowest BCUT2D eigenvalue weighted by atomic mass is 9.91. The van der Waals surface area contributed by atoms with Crippen molar-refractivity contribution in [3.8, 4) is 17.9 Å². The van der Waals surface area contributed by atoms with Gasteiger partial charge in [-0.25, -0.2) is 0 Å². The first kappa shape index (κ1) is 34.2. The van der Waals surface area contributed by atoms with Gasteiger partial charge in [-0.1, -0.05) is 12.0 Å². The van der Waals surface area contributed by atoms with Crippen LogP contribution in [-0.4, -0.2) is 90.0 Å². The van der Waals surface area contributed by atoms with Gasteiger partial charge in [0, 0.05) is 56.8 Å². The molecule has 0 radical (unpaired) electrons. The lowest BCUT2D eigenvalue weighted by Crippen LogP contribution is -2.47. The number of nitrogens with one attached hydrogen (secondary N) is 2. The van der Waals surface area contributed by atoms with Crippen molar-refractivity contribution in [3.05, 3.63) is 59.5 Å². The van der Waals surface area contributed by atoms with Crippen molar-refractivity contribution in [2.75, 3.05) is 51.7 Å². The van der Waals surface area contributed by atoms with Crippen LogP contribution in [0.4, 0.5) is 18.9 Å². The number of halogens is 3. The zero-order valence-corrected chi connectivity index (χ0v) is 27.2. The molecule has 2 saturated heterocycles. The number of hydrogen-bond donors (Lipinski definition) is 2. The quantitative estimate of drug-likeness (QED) is 0.309. The van der Waals surface area contributed by atoms with Gasteiger partial charge in [-0.3, -0.25) is 14.7 Å². The summed E-state index contributed by atoms with van der Waals surface area (Å²) in [5.41, 5.74) is 2.38. The summed E-state index contributed by atoms with van der Waals surface area (Å²) in [5.74, 6) is 6.01. The van der Waals surface area contributed by atoms with E-state index in [-0.39, 0.29) is 30.3 Å². The van der Waals surface area contributed by atoms with Crippen molar-refractivity contribution in [1.82, 2.24) is 24.7 Å². The highest BCUT2D eigenvalue weighted by Crippen LogP contribution is 2.27. The molecule has 5 rings (SSSR count). The van der Waals surface area contributed by atoms with E-state index >= 15 is 0 Å². The summed E-state index contributed by atoms with van der Waals surface area (Å²) in [7, 11) is 1.71. The van der Waals surface area contributed by atoms with Crippen LogP contribution in [0.25, 0.3) is 10.9 Å². The maximum absolute atomic E-state index is 13.5. The van der Waals surface area contributed by atoms with Crippen LogP contribution < -0.4 is 10.6 Å². The zero-order chi connectivity index (χ0) is 33.6. The molecule has 12 heteroatoms. The second-order valence-corrected chi connectivity index (χ2v) is 12.9. The number of likely N-dealkylation sites (tertiary alicyclic amines) is 2. The SMILES string of the molecule is COC1CCN(CC(=O)N2CCC(NCc3ccc4c(c3)cc(C#CCNc3ccc(C(C)(C)C#N)nc3)n4CC(F)(F)F)CC2)C1. The number of aromatic nitrogens is 2.